The van der Waals surface area contributed by atoms with Gasteiger partial charge in [0.05, 0.1) is 12.8 Å². The number of carbonyl (C=O) groups is 2. The van der Waals surface area contributed by atoms with Crippen LogP contribution >= 0.6 is 15.9 Å². The third kappa shape index (κ3) is 5.79. The molecule has 0 fully saturated rings. The molecule has 1 amide bonds. The molecule has 0 saturated carbocycles. The fraction of sp³-hybridized carbons (Fsp3) is 0.222. The molecule has 7 heteroatoms. The summed E-state index contributed by atoms with van der Waals surface area (Å²) in [5.74, 6) is -0.147. The van der Waals surface area contributed by atoms with Gasteiger partial charge in [0.15, 0.2) is 24.7 Å². The van der Waals surface area contributed by atoms with Crippen LogP contribution in [-0.4, -0.2) is 32.2 Å². The van der Waals surface area contributed by atoms with Crippen LogP contribution in [0.5, 0.6) is 11.5 Å². The van der Waals surface area contributed by atoms with Crippen molar-refractivity contribution in [2.45, 2.75) is 6.92 Å². The van der Waals surface area contributed by atoms with Gasteiger partial charge in [0, 0.05) is 4.47 Å². The molecule has 0 aliphatic rings. The molecule has 2 aromatic rings. The Hall–Kier alpha value is -2.54. The van der Waals surface area contributed by atoms with E-state index in [9.17, 15) is 9.59 Å². The van der Waals surface area contributed by atoms with E-state index < -0.39 is 18.5 Å². The fourth-order valence-corrected chi connectivity index (χ4v) is 2.56. The highest BCUT2D eigenvalue weighted by molar-refractivity contribution is 9.10. The van der Waals surface area contributed by atoms with E-state index in [1.54, 1.807) is 30.3 Å². The summed E-state index contributed by atoms with van der Waals surface area (Å²) < 4.78 is 16.1. The number of amides is 1. The van der Waals surface area contributed by atoms with Crippen molar-refractivity contribution in [3.8, 4) is 11.5 Å². The summed E-state index contributed by atoms with van der Waals surface area (Å²) in [4.78, 5) is 23.6. The van der Waals surface area contributed by atoms with E-state index in [4.69, 9.17) is 14.2 Å². The molecular formula is C18H18BrNO5. The molecule has 25 heavy (non-hydrogen) atoms. The zero-order valence-electron chi connectivity index (χ0n) is 13.9. The molecule has 132 valence electrons. The lowest BCUT2D eigenvalue weighted by Gasteiger charge is -2.11. The number of esters is 1. The molecule has 2 aromatic carbocycles. The van der Waals surface area contributed by atoms with Crippen molar-refractivity contribution >= 4 is 33.5 Å². The van der Waals surface area contributed by atoms with Gasteiger partial charge in [-0.1, -0.05) is 18.2 Å². The number of hydrogen-bond donors (Lipinski definition) is 1. The van der Waals surface area contributed by atoms with Crippen molar-refractivity contribution in [3.05, 3.63) is 52.5 Å². The van der Waals surface area contributed by atoms with Crippen LogP contribution in [-0.2, 0) is 14.3 Å². The van der Waals surface area contributed by atoms with Gasteiger partial charge in [0.1, 0.15) is 0 Å². The average molecular weight is 408 g/mol. The Morgan fingerprint density at radius 2 is 1.80 bits per heavy atom. The number of rotatable bonds is 7. The van der Waals surface area contributed by atoms with Crippen LogP contribution in [0.4, 0.5) is 5.69 Å². The molecule has 0 aromatic heterocycles. The summed E-state index contributed by atoms with van der Waals surface area (Å²) in [5.41, 5.74) is 1.67. The van der Waals surface area contributed by atoms with Gasteiger partial charge in [-0.15, -0.1) is 0 Å². The van der Waals surface area contributed by atoms with E-state index >= 15 is 0 Å². The second-order valence-electron chi connectivity index (χ2n) is 5.13. The van der Waals surface area contributed by atoms with Crippen LogP contribution in [0.15, 0.2) is 46.9 Å². The van der Waals surface area contributed by atoms with Gasteiger partial charge in [-0.2, -0.15) is 0 Å². The zero-order chi connectivity index (χ0) is 18.2. The van der Waals surface area contributed by atoms with E-state index in [1.165, 1.54) is 7.11 Å². The monoisotopic (exact) mass is 407 g/mol. The lowest BCUT2D eigenvalue weighted by molar-refractivity contribution is -0.149. The molecule has 0 aliphatic carbocycles. The maximum atomic E-state index is 11.9. The summed E-state index contributed by atoms with van der Waals surface area (Å²) >= 11 is 3.37. The van der Waals surface area contributed by atoms with Crippen molar-refractivity contribution in [1.82, 2.24) is 0 Å². The number of nitrogens with one attached hydrogen (secondary N) is 1. The third-order valence-corrected chi connectivity index (χ3v) is 3.83. The van der Waals surface area contributed by atoms with Crippen LogP contribution in [0.2, 0.25) is 0 Å². The predicted octanol–water partition coefficient (Wildman–Crippen LogP) is 3.33. The predicted molar refractivity (Wildman–Crippen MR) is 97.0 cm³/mol. The van der Waals surface area contributed by atoms with Crippen molar-refractivity contribution in [2.75, 3.05) is 25.6 Å². The molecule has 0 bridgehead atoms. The smallest absolute Gasteiger partial charge is 0.344 e. The number of carbonyl (C=O) groups excluding carboxylic acids is 2. The van der Waals surface area contributed by atoms with Gasteiger partial charge < -0.3 is 19.5 Å². The molecule has 0 unspecified atom stereocenters. The molecule has 0 aliphatic heterocycles. The molecule has 6 nitrogen and oxygen atoms in total. The highest BCUT2D eigenvalue weighted by atomic mass is 79.9. The van der Waals surface area contributed by atoms with Gasteiger partial charge in [-0.05, 0) is 52.7 Å². The maximum absolute atomic E-state index is 11.9. The topological polar surface area (TPSA) is 73.9 Å². The number of aryl methyl sites for hydroxylation is 1. The standard InChI is InChI=1S/C18H18BrNO5/c1-12-7-8-14(13(19)9-12)20-17(21)10-25-18(22)11-24-16-6-4-3-5-15(16)23-2/h3-9H,10-11H2,1-2H3,(H,20,21). The normalized spacial score (nSPS) is 10.0. The number of benzene rings is 2. The van der Waals surface area contributed by atoms with E-state index in [2.05, 4.69) is 21.2 Å². The van der Waals surface area contributed by atoms with Crippen LogP contribution < -0.4 is 14.8 Å². The van der Waals surface area contributed by atoms with Crippen molar-refractivity contribution < 1.29 is 23.8 Å². The Morgan fingerprint density at radius 3 is 2.48 bits per heavy atom. The quantitative estimate of drug-likeness (QED) is 0.712. The molecule has 0 saturated heterocycles. The number of halogens is 1. The number of para-hydroxylation sites is 2. The van der Waals surface area contributed by atoms with Crippen LogP contribution in [0, 0.1) is 6.92 Å². The van der Waals surface area contributed by atoms with Crippen LogP contribution in [0.1, 0.15) is 5.56 Å². The first-order valence-corrected chi connectivity index (χ1v) is 8.26. The minimum atomic E-state index is -0.649. The summed E-state index contributed by atoms with van der Waals surface area (Å²) in [5, 5.41) is 2.66. The van der Waals surface area contributed by atoms with Gasteiger partial charge in [0.2, 0.25) is 0 Å². The first-order chi connectivity index (χ1) is 12.0. The number of ether oxygens (including phenoxy) is 3. The highest BCUT2D eigenvalue weighted by Gasteiger charge is 2.11. The van der Waals surface area contributed by atoms with Gasteiger partial charge in [-0.3, -0.25) is 4.79 Å². The summed E-state index contributed by atoms with van der Waals surface area (Å²) in [6, 6.07) is 12.5. The molecule has 1 N–H and O–H groups in total. The Balaban J connectivity index is 1.78. The second-order valence-corrected chi connectivity index (χ2v) is 5.99. The van der Waals surface area contributed by atoms with Gasteiger partial charge in [-0.25, -0.2) is 4.79 Å². The highest BCUT2D eigenvalue weighted by Crippen LogP contribution is 2.25. The minimum Gasteiger partial charge on any atom is -0.493 e. The van der Waals surface area contributed by atoms with E-state index in [0.717, 1.165) is 10.0 Å². The lowest BCUT2D eigenvalue weighted by atomic mass is 10.2. The Morgan fingerprint density at radius 1 is 1.08 bits per heavy atom. The van der Waals surface area contributed by atoms with Crippen molar-refractivity contribution in [2.24, 2.45) is 0 Å². The average Bonchev–Trinajstić information content (AvgIpc) is 2.60. The molecule has 0 heterocycles. The first kappa shape index (κ1) is 18.8. The Bertz CT molecular complexity index is 763. The SMILES string of the molecule is COc1ccccc1OCC(=O)OCC(=O)Nc1ccc(C)cc1Br. The number of methoxy groups -OCH3 is 1. The Kier molecular flexibility index (Phi) is 6.82. The fourth-order valence-electron chi connectivity index (χ4n) is 1.97. The largest absolute Gasteiger partial charge is 0.493 e. The summed E-state index contributed by atoms with van der Waals surface area (Å²) in [6.07, 6.45) is 0. The van der Waals surface area contributed by atoms with Crippen LogP contribution in [0.25, 0.3) is 0 Å². The lowest BCUT2D eigenvalue weighted by Crippen LogP contribution is -2.23. The zero-order valence-corrected chi connectivity index (χ0v) is 15.5. The van der Waals surface area contributed by atoms with E-state index in [0.29, 0.717) is 17.2 Å². The third-order valence-electron chi connectivity index (χ3n) is 3.18. The van der Waals surface area contributed by atoms with Crippen molar-refractivity contribution in [1.29, 1.82) is 0 Å². The first-order valence-electron chi connectivity index (χ1n) is 7.47. The van der Waals surface area contributed by atoms with Crippen LogP contribution in [0.3, 0.4) is 0 Å². The summed E-state index contributed by atoms with van der Waals surface area (Å²) in [7, 11) is 1.51. The van der Waals surface area contributed by atoms with E-state index in [1.807, 2.05) is 19.1 Å². The Labute approximate surface area is 154 Å². The molecule has 0 atom stereocenters. The molecule has 2 rings (SSSR count). The number of hydrogen-bond acceptors (Lipinski definition) is 5. The second kappa shape index (κ2) is 9.08. The van der Waals surface area contributed by atoms with E-state index in [-0.39, 0.29) is 6.61 Å². The summed E-state index contributed by atoms with van der Waals surface area (Å²) in [6.45, 7) is 1.23. The van der Waals surface area contributed by atoms with Crippen molar-refractivity contribution in [3.63, 3.8) is 0 Å². The van der Waals surface area contributed by atoms with Gasteiger partial charge in [0.25, 0.3) is 5.91 Å². The molecule has 0 spiro atoms. The number of anilines is 1. The maximum Gasteiger partial charge on any atom is 0.344 e. The van der Waals surface area contributed by atoms with Gasteiger partial charge >= 0.3 is 5.97 Å². The molecule has 0 radical (unpaired) electrons. The minimum absolute atomic E-state index is 0.318. The molecular weight excluding hydrogens is 390 g/mol.